The highest BCUT2D eigenvalue weighted by Gasteiger charge is 2.56. The van der Waals surface area contributed by atoms with Crippen LogP contribution in [-0.4, -0.2) is 15.8 Å². The molecule has 0 aliphatic carbocycles. The van der Waals surface area contributed by atoms with Gasteiger partial charge in [-0.3, -0.25) is 0 Å². The van der Waals surface area contributed by atoms with Crippen LogP contribution in [0.4, 0.5) is 0 Å². The second-order valence-corrected chi connectivity index (χ2v) is 5.69. The van der Waals surface area contributed by atoms with E-state index in [2.05, 4.69) is 0 Å². The highest BCUT2D eigenvalue weighted by molar-refractivity contribution is 5.44. The molecular weight excluding hydrogens is 252 g/mol. The monoisotopic (exact) mass is 270 g/mol. The van der Waals surface area contributed by atoms with E-state index in [1.165, 1.54) is 0 Å². The smallest absolute Gasteiger partial charge is 0.158 e. The fraction of sp³-hybridized carbons (Fsp3) is 0.294. The van der Waals surface area contributed by atoms with Crippen LogP contribution in [0.2, 0.25) is 0 Å². The van der Waals surface area contributed by atoms with Crippen molar-refractivity contribution in [3.63, 3.8) is 0 Å². The maximum Gasteiger partial charge on any atom is 0.158 e. The zero-order valence-electron chi connectivity index (χ0n) is 11.6. The summed E-state index contributed by atoms with van der Waals surface area (Å²) in [6.07, 6.45) is -1.04. The van der Waals surface area contributed by atoms with E-state index >= 15 is 0 Å². The van der Waals surface area contributed by atoms with Gasteiger partial charge in [0.25, 0.3) is 0 Å². The molecule has 0 fully saturated rings. The number of aliphatic hydroxyl groups is 2. The highest BCUT2D eigenvalue weighted by atomic mass is 16.5. The van der Waals surface area contributed by atoms with Crippen LogP contribution in [-0.2, 0) is 5.60 Å². The van der Waals surface area contributed by atoms with Gasteiger partial charge in [-0.1, -0.05) is 48.5 Å². The standard InChI is InChI=1S/C17H18O3/c1-16(2)17(19,12-8-4-3-5-9-12)15(18)13-10-6-7-11-14(13)20-16/h3-11,15,18-19H,1-2H3. The number of aliphatic hydroxyl groups excluding tert-OH is 1. The fourth-order valence-corrected chi connectivity index (χ4v) is 2.90. The van der Waals surface area contributed by atoms with E-state index in [0.717, 1.165) is 0 Å². The van der Waals surface area contributed by atoms with E-state index < -0.39 is 17.3 Å². The molecule has 0 amide bonds. The molecule has 0 aromatic heterocycles. The summed E-state index contributed by atoms with van der Waals surface area (Å²) in [5.74, 6) is 0.616. The zero-order valence-corrected chi connectivity index (χ0v) is 11.6. The summed E-state index contributed by atoms with van der Waals surface area (Å²) in [6, 6.07) is 16.5. The molecule has 0 saturated carbocycles. The van der Waals surface area contributed by atoms with Crippen molar-refractivity contribution in [1.29, 1.82) is 0 Å². The molecule has 3 rings (SSSR count). The predicted octanol–water partition coefficient (Wildman–Crippen LogP) is 2.78. The van der Waals surface area contributed by atoms with Crippen LogP contribution in [0.5, 0.6) is 5.75 Å². The van der Waals surface area contributed by atoms with Crippen molar-refractivity contribution >= 4 is 0 Å². The Hall–Kier alpha value is -1.84. The van der Waals surface area contributed by atoms with Gasteiger partial charge in [-0.05, 0) is 25.5 Å². The molecule has 2 N–H and O–H groups in total. The average Bonchev–Trinajstić information content (AvgIpc) is 2.45. The third-order valence-corrected chi connectivity index (χ3v) is 4.11. The molecule has 0 saturated heterocycles. The number of hydrogen-bond acceptors (Lipinski definition) is 3. The molecule has 1 aliphatic rings. The molecule has 2 atom stereocenters. The van der Waals surface area contributed by atoms with Gasteiger partial charge in [-0.25, -0.2) is 0 Å². The Balaban J connectivity index is 2.21. The van der Waals surface area contributed by atoms with Crippen molar-refractivity contribution in [1.82, 2.24) is 0 Å². The third kappa shape index (κ3) is 1.67. The second-order valence-electron chi connectivity index (χ2n) is 5.69. The first-order valence-electron chi connectivity index (χ1n) is 6.71. The van der Waals surface area contributed by atoms with Gasteiger partial charge in [0.05, 0.1) is 0 Å². The third-order valence-electron chi connectivity index (χ3n) is 4.11. The van der Waals surface area contributed by atoms with Gasteiger partial charge < -0.3 is 14.9 Å². The molecule has 1 heterocycles. The van der Waals surface area contributed by atoms with Crippen LogP contribution >= 0.6 is 0 Å². The topological polar surface area (TPSA) is 49.7 Å². The summed E-state index contributed by atoms with van der Waals surface area (Å²) in [5.41, 5.74) is -1.18. The minimum atomic E-state index is -1.50. The van der Waals surface area contributed by atoms with Gasteiger partial charge in [-0.2, -0.15) is 0 Å². The Morgan fingerprint density at radius 2 is 1.55 bits per heavy atom. The normalized spacial score (nSPS) is 27.5. The summed E-state index contributed by atoms with van der Waals surface area (Å²) in [4.78, 5) is 0. The molecule has 104 valence electrons. The molecule has 2 unspecified atom stereocenters. The van der Waals surface area contributed by atoms with E-state index in [1.807, 2.05) is 48.5 Å². The molecule has 0 radical (unpaired) electrons. The van der Waals surface area contributed by atoms with Crippen LogP contribution in [0.15, 0.2) is 54.6 Å². The second kappa shape index (κ2) is 4.33. The summed E-state index contributed by atoms with van der Waals surface area (Å²) < 4.78 is 5.95. The molecule has 0 spiro atoms. The van der Waals surface area contributed by atoms with E-state index in [1.54, 1.807) is 19.9 Å². The Labute approximate surface area is 118 Å². The Kier molecular flexibility index (Phi) is 2.85. The molecule has 2 aromatic rings. The maximum absolute atomic E-state index is 11.2. The van der Waals surface area contributed by atoms with Crippen LogP contribution < -0.4 is 4.74 Å². The molecule has 3 heteroatoms. The predicted molar refractivity (Wildman–Crippen MR) is 76.4 cm³/mol. The quantitative estimate of drug-likeness (QED) is 0.837. The van der Waals surface area contributed by atoms with Gasteiger partial charge in [0.15, 0.2) is 5.60 Å². The Morgan fingerprint density at radius 3 is 2.25 bits per heavy atom. The van der Waals surface area contributed by atoms with Crippen LogP contribution in [0.25, 0.3) is 0 Å². The van der Waals surface area contributed by atoms with Crippen molar-refractivity contribution in [2.75, 3.05) is 0 Å². The van der Waals surface area contributed by atoms with E-state index in [9.17, 15) is 10.2 Å². The van der Waals surface area contributed by atoms with Gasteiger partial charge >= 0.3 is 0 Å². The largest absolute Gasteiger partial charge is 0.484 e. The number of ether oxygens (including phenoxy) is 1. The summed E-state index contributed by atoms with van der Waals surface area (Å²) in [5, 5.41) is 22.0. The molecular formula is C17H18O3. The van der Waals surface area contributed by atoms with Gasteiger partial charge in [0.2, 0.25) is 0 Å². The lowest BCUT2D eigenvalue weighted by atomic mass is 9.71. The minimum Gasteiger partial charge on any atom is -0.484 e. The summed E-state index contributed by atoms with van der Waals surface area (Å²) >= 11 is 0. The first-order valence-corrected chi connectivity index (χ1v) is 6.71. The Bertz CT molecular complexity index is 621. The first-order chi connectivity index (χ1) is 9.47. The SMILES string of the molecule is CC1(C)Oc2ccccc2C(O)C1(O)c1ccccc1. The number of hydrogen-bond donors (Lipinski definition) is 2. The lowest BCUT2D eigenvalue weighted by Gasteiger charge is -2.49. The van der Waals surface area contributed by atoms with Gasteiger partial charge in [0.1, 0.15) is 17.5 Å². The van der Waals surface area contributed by atoms with Crippen molar-refractivity contribution in [3.8, 4) is 5.75 Å². The van der Waals surface area contributed by atoms with Gasteiger partial charge in [-0.15, -0.1) is 0 Å². The van der Waals surface area contributed by atoms with Crippen molar-refractivity contribution < 1.29 is 14.9 Å². The molecule has 1 aliphatic heterocycles. The zero-order chi connectivity index (χ0) is 14.4. The number of para-hydroxylation sites is 1. The maximum atomic E-state index is 11.2. The molecule has 20 heavy (non-hydrogen) atoms. The minimum absolute atomic E-state index is 0.609. The summed E-state index contributed by atoms with van der Waals surface area (Å²) in [6.45, 7) is 3.58. The van der Waals surface area contributed by atoms with Crippen LogP contribution in [0.3, 0.4) is 0 Å². The van der Waals surface area contributed by atoms with E-state index in [0.29, 0.717) is 16.9 Å². The van der Waals surface area contributed by atoms with Crippen molar-refractivity contribution in [2.24, 2.45) is 0 Å². The van der Waals surface area contributed by atoms with Gasteiger partial charge in [0, 0.05) is 5.56 Å². The molecule has 2 aromatic carbocycles. The van der Waals surface area contributed by atoms with Crippen molar-refractivity contribution in [3.05, 3.63) is 65.7 Å². The lowest BCUT2D eigenvalue weighted by Crippen LogP contribution is -2.57. The average molecular weight is 270 g/mol. The van der Waals surface area contributed by atoms with Crippen LogP contribution in [0, 0.1) is 0 Å². The fourth-order valence-electron chi connectivity index (χ4n) is 2.90. The number of fused-ring (bicyclic) bond motifs is 1. The number of rotatable bonds is 1. The van der Waals surface area contributed by atoms with Crippen LogP contribution in [0.1, 0.15) is 31.1 Å². The van der Waals surface area contributed by atoms with Crippen molar-refractivity contribution in [2.45, 2.75) is 31.2 Å². The van der Waals surface area contributed by atoms with E-state index in [-0.39, 0.29) is 0 Å². The summed E-state index contributed by atoms with van der Waals surface area (Å²) in [7, 11) is 0. The lowest BCUT2D eigenvalue weighted by molar-refractivity contribution is -0.200. The number of benzene rings is 2. The first kappa shape index (κ1) is 13.2. The van der Waals surface area contributed by atoms with E-state index in [4.69, 9.17) is 4.74 Å². The molecule has 0 bridgehead atoms. The molecule has 3 nitrogen and oxygen atoms in total. The highest BCUT2D eigenvalue weighted by Crippen LogP contribution is 2.51. The Morgan fingerprint density at radius 1 is 0.950 bits per heavy atom.